The molecular formula is C11H16O2Si. The zero-order valence-corrected chi connectivity index (χ0v) is 9.38. The Kier molecular flexibility index (Phi) is 3.34. The molecule has 2 nitrogen and oxygen atoms in total. The molecule has 1 saturated heterocycles. The highest BCUT2D eigenvalue weighted by atomic mass is 28.3. The molecule has 3 heteroatoms. The standard InChI is InChI=1S/C11H16O2Si/c12-14(10-6-2-1-3-7-10)11-8-4-5-9-13-11/h1-3,6-7,11-12,14H,4-5,8-9H2. The van der Waals surface area contributed by atoms with Crippen LogP contribution < -0.4 is 5.19 Å². The summed E-state index contributed by atoms with van der Waals surface area (Å²) in [5.74, 6) is 0. The van der Waals surface area contributed by atoms with Crippen molar-refractivity contribution in [3.05, 3.63) is 30.3 Å². The van der Waals surface area contributed by atoms with Crippen LogP contribution in [0.25, 0.3) is 0 Å². The Morgan fingerprint density at radius 1 is 1.21 bits per heavy atom. The summed E-state index contributed by atoms with van der Waals surface area (Å²) in [6.07, 6.45) is 3.37. The third kappa shape index (κ3) is 2.23. The van der Waals surface area contributed by atoms with Crippen molar-refractivity contribution in [1.29, 1.82) is 0 Å². The van der Waals surface area contributed by atoms with E-state index < -0.39 is 9.04 Å². The Hall–Kier alpha value is -0.643. The van der Waals surface area contributed by atoms with Gasteiger partial charge in [0.05, 0.1) is 5.73 Å². The van der Waals surface area contributed by atoms with Crippen LogP contribution in [-0.2, 0) is 4.74 Å². The van der Waals surface area contributed by atoms with Gasteiger partial charge in [0.1, 0.15) is 0 Å². The van der Waals surface area contributed by atoms with Gasteiger partial charge in [-0.05, 0) is 24.4 Å². The third-order valence-electron chi connectivity index (χ3n) is 2.71. The third-order valence-corrected chi connectivity index (χ3v) is 5.01. The lowest BCUT2D eigenvalue weighted by atomic mass is 10.2. The van der Waals surface area contributed by atoms with Crippen LogP contribution in [-0.4, -0.2) is 26.2 Å². The van der Waals surface area contributed by atoms with E-state index in [0.717, 1.165) is 24.6 Å². The minimum atomic E-state index is -1.86. The number of hydrogen-bond donors (Lipinski definition) is 1. The molecule has 76 valence electrons. The molecule has 1 aromatic carbocycles. The summed E-state index contributed by atoms with van der Waals surface area (Å²) in [4.78, 5) is 10.2. The summed E-state index contributed by atoms with van der Waals surface area (Å²) in [6.45, 7) is 0.821. The molecule has 1 aliphatic rings. The lowest BCUT2D eigenvalue weighted by Gasteiger charge is -2.25. The SMILES string of the molecule is O[SiH](c1ccccc1)C1CCCCO1. The Labute approximate surface area is 86.3 Å². The molecule has 0 amide bonds. The maximum atomic E-state index is 10.2. The lowest BCUT2D eigenvalue weighted by molar-refractivity contribution is 0.0565. The summed E-state index contributed by atoms with van der Waals surface area (Å²) in [6, 6.07) is 9.96. The first-order valence-corrected chi connectivity index (χ1v) is 6.98. The van der Waals surface area contributed by atoms with E-state index in [0.29, 0.717) is 0 Å². The molecular weight excluding hydrogens is 192 g/mol. The number of benzene rings is 1. The summed E-state index contributed by atoms with van der Waals surface area (Å²) in [7, 11) is -1.86. The monoisotopic (exact) mass is 208 g/mol. The average Bonchev–Trinajstić information content (AvgIpc) is 2.30. The fourth-order valence-electron chi connectivity index (χ4n) is 1.88. The molecule has 1 aliphatic heterocycles. The minimum Gasteiger partial charge on any atom is -0.428 e. The van der Waals surface area contributed by atoms with Gasteiger partial charge in [-0.15, -0.1) is 0 Å². The fraction of sp³-hybridized carbons (Fsp3) is 0.455. The molecule has 0 aromatic heterocycles. The van der Waals surface area contributed by atoms with Gasteiger partial charge in [0, 0.05) is 6.61 Å². The van der Waals surface area contributed by atoms with Gasteiger partial charge < -0.3 is 9.53 Å². The smallest absolute Gasteiger partial charge is 0.232 e. The van der Waals surface area contributed by atoms with E-state index in [2.05, 4.69) is 0 Å². The van der Waals surface area contributed by atoms with Gasteiger partial charge in [0.25, 0.3) is 0 Å². The van der Waals surface area contributed by atoms with Crippen LogP contribution in [0.2, 0.25) is 0 Å². The molecule has 1 fully saturated rings. The summed E-state index contributed by atoms with van der Waals surface area (Å²) in [5, 5.41) is 1.10. The van der Waals surface area contributed by atoms with Gasteiger partial charge in [0.15, 0.2) is 0 Å². The van der Waals surface area contributed by atoms with E-state index in [1.54, 1.807) is 0 Å². The van der Waals surface area contributed by atoms with Gasteiger partial charge in [-0.2, -0.15) is 0 Å². The number of ether oxygens (including phenoxy) is 1. The molecule has 0 saturated carbocycles. The first-order valence-electron chi connectivity index (χ1n) is 5.22. The minimum absolute atomic E-state index is 0.131. The second kappa shape index (κ2) is 4.73. The second-order valence-electron chi connectivity index (χ2n) is 3.76. The van der Waals surface area contributed by atoms with E-state index in [4.69, 9.17) is 4.74 Å². The van der Waals surface area contributed by atoms with Crippen LogP contribution in [0.1, 0.15) is 19.3 Å². The predicted octanol–water partition coefficient (Wildman–Crippen LogP) is 0.718. The van der Waals surface area contributed by atoms with Crippen LogP contribution in [0.5, 0.6) is 0 Å². The zero-order valence-electron chi connectivity index (χ0n) is 8.23. The molecule has 0 radical (unpaired) electrons. The first-order chi connectivity index (χ1) is 6.88. The van der Waals surface area contributed by atoms with Gasteiger partial charge in [-0.1, -0.05) is 30.3 Å². The summed E-state index contributed by atoms with van der Waals surface area (Å²) < 4.78 is 5.61. The van der Waals surface area contributed by atoms with E-state index in [9.17, 15) is 4.80 Å². The van der Waals surface area contributed by atoms with E-state index in [1.165, 1.54) is 6.42 Å². The van der Waals surface area contributed by atoms with Crippen molar-refractivity contribution in [2.45, 2.75) is 25.0 Å². The highest BCUT2D eigenvalue weighted by molar-refractivity contribution is 6.67. The van der Waals surface area contributed by atoms with E-state index >= 15 is 0 Å². The topological polar surface area (TPSA) is 29.5 Å². The van der Waals surface area contributed by atoms with Crippen LogP contribution in [0, 0.1) is 0 Å². The van der Waals surface area contributed by atoms with E-state index in [1.807, 2.05) is 30.3 Å². The largest absolute Gasteiger partial charge is 0.428 e. The average molecular weight is 208 g/mol. The Morgan fingerprint density at radius 3 is 2.64 bits per heavy atom. The first kappa shape index (κ1) is 9.89. The molecule has 1 N–H and O–H groups in total. The summed E-state index contributed by atoms with van der Waals surface area (Å²) >= 11 is 0. The molecule has 0 aliphatic carbocycles. The number of hydrogen-bond acceptors (Lipinski definition) is 2. The van der Waals surface area contributed by atoms with Crippen LogP contribution in [0.4, 0.5) is 0 Å². The molecule has 2 rings (SSSR count). The van der Waals surface area contributed by atoms with Crippen LogP contribution in [0.15, 0.2) is 30.3 Å². The van der Waals surface area contributed by atoms with Crippen molar-refractivity contribution in [3.8, 4) is 0 Å². The highest BCUT2D eigenvalue weighted by Gasteiger charge is 2.25. The molecule has 2 atom stereocenters. The van der Waals surface area contributed by atoms with Gasteiger partial charge >= 0.3 is 0 Å². The number of rotatable bonds is 2. The maximum absolute atomic E-state index is 10.2. The molecule has 1 aromatic rings. The molecule has 2 unspecified atom stereocenters. The zero-order chi connectivity index (χ0) is 9.80. The summed E-state index contributed by atoms with van der Waals surface area (Å²) in [5.41, 5.74) is 0.131. The molecule has 14 heavy (non-hydrogen) atoms. The van der Waals surface area contributed by atoms with Crippen molar-refractivity contribution in [3.63, 3.8) is 0 Å². The van der Waals surface area contributed by atoms with Gasteiger partial charge in [0.2, 0.25) is 9.04 Å². The normalized spacial score (nSPS) is 24.5. The quantitative estimate of drug-likeness (QED) is 0.726. The van der Waals surface area contributed by atoms with Gasteiger partial charge in [-0.3, -0.25) is 0 Å². The predicted molar refractivity (Wildman–Crippen MR) is 59.0 cm³/mol. The Morgan fingerprint density at radius 2 is 2.00 bits per heavy atom. The van der Waals surface area contributed by atoms with Crippen molar-refractivity contribution in [1.82, 2.24) is 0 Å². The second-order valence-corrected chi connectivity index (χ2v) is 6.06. The molecule has 0 bridgehead atoms. The molecule has 1 heterocycles. The van der Waals surface area contributed by atoms with Crippen molar-refractivity contribution >= 4 is 14.2 Å². The van der Waals surface area contributed by atoms with Gasteiger partial charge in [-0.25, -0.2) is 0 Å². The Bertz CT molecular complexity index is 270. The van der Waals surface area contributed by atoms with Crippen LogP contribution in [0.3, 0.4) is 0 Å². The lowest BCUT2D eigenvalue weighted by Crippen LogP contribution is -2.45. The van der Waals surface area contributed by atoms with E-state index in [-0.39, 0.29) is 5.73 Å². The fourth-order valence-corrected chi connectivity index (χ4v) is 3.80. The Balaban J connectivity index is 2.03. The van der Waals surface area contributed by atoms with Crippen molar-refractivity contribution in [2.24, 2.45) is 0 Å². The maximum Gasteiger partial charge on any atom is 0.232 e. The molecule has 0 spiro atoms. The van der Waals surface area contributed by atoms with Crippen LogP contribution >= 0.6 is 0 Å². The van der Waals surface area contributed by atoms with Crippen molar-refractivity contribution in [2.75, 3.05) is 6.61 Å². The highest BCUT2D eigenvalue weighted by Crippen LogP contribution is 2.14. The van der Waals surface area contributed by atoms with Crippen molar-refractivity contribution < 1.29 is 9.53 Å².